The van der Waals surface area contributed by atoms with Crippen LogP contribution < -0.4 is 4.74 Å². The van der Waals surface area contributed by atoms with Gasteiger partial charge in [0.25, 0.3) is 0 Å². The Morgan fingerprint density at radius 3 is 2.43 bits per heavy atom. The highest BCUT2D eigenvalue weighted by atomic mass is 35.5. The quantitative estimate of drug-likeness (QED) is 0.199. The number of benzene rings is 2. The normalized spacial score (nSPS) is 13.5. The Labute approximate surface area is 223 Å². The predicted octanol–water partition coefficient (Wildman–Crippen LogP) is 7.92. The first kappa shape index (κ1) is 23.6. The smallest absolute Gasteiger partial charge is 0.168 e. The molecule has 0 saturated heterocycles. The highest BCUT2D eigenvalue weighted by Crippen LogP contribution is 2.43. The van der Waals surface area contributed by atoms with Gasteiger partial charge in [-0.2, -0.15) is 0 Å². The van der Waals surface area contributed by atoms with Crippen LogP contribution in [0.5, 0.6) is 5.75 Å². The van der Waals surface area contributed by atoms with Gasteiger partial charge in [0.2, 0.25) is 0 Å². The lowest BCUT2D eigenvalue weighted by Gasteiger charge is -2.23. The molecule has 37 heavy (non-hydrogen) atoms. The van der Waals surface area contributed by atoms with Crippen molar-refractivity contribution in [3.63, 3.8) is 0 Å². The molecule has 0 spiro atoms. The van der Waals surface area contributed by atoms with Crippen LogP contribution in [0, 0.1) is 0 Å². The molecule has 0 radical (unpaired) electrons. The number of ether oxygens (including phenoxy) is 1. The zero-order valence-corrected chi connectivity index (χ0v) is 21.2. The molecule has 0 amide bonds. The first-order chi connectivity index (χ1) is 18.1. The molecule has 1 saturated carbocycles. The van der Waals surface area contributed by atoms with E-state index in [0.29, 0.717) is 32.9 Å². The lowest BCUT2D eigenvalue weighted by molar-refractivity contribution is 0.111. The van der Waals surface area contributed by atoms with Gasteiger partial charge in [-0.15, -0.1) is 0 Å². The van der Waals surface area contributed by atoms with Crippen LogP contribution in [0.3, 0.4) is 0 Å². The minimum absolute atomic E-state index is 0.277. The topological polar surface area (TPSA) is 78.1 Å². The molecule has 2 aromatic carbocycles. The van der Waals surface area contributed by atoms with E-state index in [1.54, 1.807) is 18.5 Å². The summed E-state index contributed by atoms with van der Waals surface area (Å²) in [5.41, 5.74) is 5.37. The van der Waals surface area contributed by atoms with E-state index < -0.39 is 0 Å². The van der Waals surface area contributed by atoms with Crippen molar-refractivity contribution < 1.29 is 14.1 Å². The van der Waals surface area contributed by atoms with Crippen LogP contribution >= 0.6 is 23.2 Å². The minimum atomic E-state index is 0.277. The third kappa shape index (κ3) is 4.59. The van der Waals surface area contributed by atoms with E-state index in [1.165, 1.54) is 6.42 Å². The molecule has 3 aromatic heterocycles. The molecule has 1 aliphatic rings. The van der Waals surface area contributed by atoms with Crippen LogP contribution in [0.25, 0.3) is 33.3 Å². The molecule has 0 bridgehead atoms. The second-order valence-corrected chi connectivity index (χ2v) is 9.87. The molecule has 5 aromatic rings. The van der Waals surface area contributed by atoms with Crippen molar-refractivity contribution in [2.24, 2.45) is 0 Å². The number of aromatic nitrogens is 3. The van der Waals surface area contributed by atoms with E-state index in [4.69, 9.17) is 32.5 Å². The molecule has 1 fully saturated rings. The maximum absolute atomic E-state index is 11.0. The lowest BCUT2D eigenvalue weighted by Crippen LogP contribution is -2.11. The molecule has 8 heteroatoms. The summed E-state index contributed by atoms with van der Waals surface area (Å²) >= 11 is 12.9. The van der Waals surface area contributed by atoms with Crippen molar-refractivity contribution in [1.82, 2.24) is 15.1 Å². The average molecular weight is 530 g/mol. The molecule has 0 aliphatic heterocycles. The first-order valence-corrected chi connectivity index (χ1v) is 12.7. The number of pyridine rings is 2. The van der Waals surface area contributed by atoms with Crippen molar-refractivity contribution in [3.8, 4) is 28.1 Å². The number of carbonyl (C=O) groups excluding carboxylic acids is 1. The number of halogens is 2. The highest BCUT2D eigenvalue weighted by Gasteiger charge is 2.30. The van der Waals surface area contributed by atoms with Gasteiger partial charge in [-0.3, -0.25) is 9.78 Å². The van der Waals surface area contributed by atoms with Crippen molar-refractivity contribution in [2.45, 2.75) is 31.8 Å². The first-order valence-electron chi connectivity index (χ1n) is 12.0. The van der Waals surface area contributed by atoms with Gasteiger partial charge >= 0.3 is 0 Å². The van der Waals surface area contributed by atoms with Gasteiger partial charge in [-0.1, -0.05) is 59.0 Å². The second kappa shape index (κ2) is 9.96. The van der Waals surface area contributed by atoms with Crippen LogP contribution in [0.15, 0.2) is 71.5 Å². The van der Waals surface area contributed by atoms with Gasteiger partial charge in [0.1, 0.15) is 29.5 Å². The SMILES string of the molecule is O=Cc1ccc2cc(-c3ccc(OCc4c(-c5c(Cl)cncc5Cl)noc4C4CCC4)cc3)ccc2n1. The summed E-state index contributed by atoms with van der Waals surface area (Å²) in [4.78, 5) is 19.4. The Kier molecular flexibility index (Phi) is 6.37. The van der Waals surface area contributed by atoms with Gasteiger partial charge in [-0.05, 0) is 54.3 Å². The fraction of sp³-hybridized carbons (Fsp3) is 0.172. The number of carbonyl (C=O) groups is 1. The fourth-order valence-corrected chi connectivity index (χ4v) is 5.12. The largest absolute Gasteiger partial charge is 0.489 e. The van der Waals surface area contributed by atoms with Gasteiger partial charge < -0.3 is 9.26 Å². The van der Waals surface area contributed by atoms with Crippen LogP contribution in [0.1, 0.15) is 47.0 Å². The third-order valence-corrected chi connectivity index (χ3v) is 7.36. The van der Waals surface area contributed by atoms with Gasteiger partial charge in [0.15, 0.2) is 6.29 Å². The number of aldehydes is 1. The number of fused-ring (bicyclic) bond motifs is 1. The van der Waals surface area contributed by atoms with E-state index in [1.807, 2.05) is 42.5 Å². The summed E-state index contributed by atoms with van der Waals surface area (Å²) in [6.45, 7) is 0.277. The molecule has 0 atom stereocenters. The molecule has 0 unspecified atom stereocenters. The third-order valence-electron chi connectivity index (χ3n) is 6.79. The van der Waals surface area contributed by atoms with Crippen LogP contribution in [-0.4, -0.2) is 21.4 Å². The van der Waals surface area contributed by atoms with Gasteiger partial charge in [0.05, 0.1) is 21.1 Å². The molecule has 6 rings (SSSR count). The summed E-state index contributed by atoms with van der Waals surface area (Å²) in [6.07, 6.45) is 7.14. The summed E-state index contributed by atoms with van der Waals surface area (Å²) in [6, 6.07) is 17.5. The van der Waals surface area contributed by atoms with Crippen molar-refractivity contribution >= 4 is 40.4 Å². The minimum Gasteiger partial charge on any atom is -0.489 e. The molecule has 6 nitrogen and oxygen atoms in total. The van der Waals surface area contributed by atoms with Crippen molar-refractivity contribution in [1.29, 1.82) is 0 Å². The Hall–Kier alpha value is -3.74. The summed E-state index contributed by atoms with van der Waals surface area (Å²) in [7, 11) is 0. The molecule has 1 aliphatic carbocycles. The van der Waals surface area contributed by atoms with E-state index in [2.05, 4.69) is 21.2 Å². The number of hydrogen-bond acceptors (Lipinski definition) is 6. The number of nitrogens with zero attached hydrogens (tertiary/aromatic N) is 3. The second-order valence-electron chi connectivity index (χ2n) is 9.05. The maximum atomic E-state index is 11.0. The van der Waals surface area contributed by atoms with E-state index in [0.717, 1.165) is 58.2 Å². The molecule has 3 heterocycles. The van der Waals surface area contributed by atoms with Crippen molar-refractivity contribution in [2.75, 3.05) is 0 Å². The molecular formula is C29H21Cl2N3O3. The average Bonchev–Trinajstić information content (AvgIpc) is 3.28. The summed E-state index contributed by atoms with van der Waals surface area (Å²) in [5, 5.41) is 6.14. The molecular weight excluding hydrogens is 509 g/mol. The standard InChI is InChI=1S/C29H21Cl2N3O3/c30-24-13-32-14-25(31)27(24)28-23(29(37-34-28)18-2-1-3-18)16-36-22-9-5-17(6-10-22)19-7-11-26-20(12-19)4-8-21(15-35)33-26/h4-15,18H,1-3,16H2. The monoisotopic (exact) mass is 529 g/mol. The van der Waals surface area contributed by atoms with Crippen LogP contribution in [0.2, 0.25) is 10.0 Å². The van der Waals surface area contributed by atoms with Gasteiger partial charge in [-0.25, -0.2) is 4.98 Å². The van der Waals surface area contributed by atoms with Crippen LogP contribution in [0.4, 0.5) is 0 Å². The molecule has 0 N–H and O–H groups in total. The number of hydrogen-bond donors (Lipinski definition) is 0. The lowest BCUT2D eigenvalue weighted by atomic mass is 9.81. The Morgan fingerprint density at radius 2 is 1.73 bits per heavy atom. The maximum Gasteiger partial charge on any atom is 0.168 e. The predicted molar refractivity (Wildman–Crippen MR) is 143 cm³/mol. The number of rotatable bonds is 7. The Bertz CT molecular complexity index is 1590. The van der Waals surface area contributed by atoms with E-state index >= 15 is 0 Å². The zero-order valence-electron chi connectivity index (χ0n) is 19.7. The highest BCUT2D eigenvalue weighted by molar-refractivity contribution is 6.38. The summed E-state index contributed by atoms with van der Waals surface area (Å²) in [5.74, 6) is 1.89. The Balaban J connectivity index is 1.25. The van der Waals surface area contributed by atoms with Crippen molar-refractivity contribution in [3.05, 3.63) is 94.1 Å². The van der Waals surface area contributed by atoms with Gasteiger partial charge in [0, 0.05) is 29.3 Å². The fourth-order valence-electron chi connectivity index (χ4n) is 4.57. The van der Waals surface area contributed by atoms with Crippen LogP contribution in [-0.2, 0) is 6.61 Å². The van der Waals surface area contributed by atoms with E-state index in [9.17, 15) is 4.79 Å². The molecule has 184 valence electrons. The van der Waals surface area contributed by atoms with E-state index in [-0.39, 0.29) is 6.61 Å². The Morgan fingerprint density at radius 1 is 0.973 bits per heavy atom. The zero-order chi connectivity index (χ0) is 25.4. The summed E-state index contributed by atoms with van der Waals surface area (Å²) < 4.78 is 12.0.